The van der Waals surface area contributed by atoms with Gasteiger partial charge in [0, 0.05) is 12.6 Å². The topological polar surface area (TPSA) is 39.7 Å². The lowest BCUT2D eigenvalue weighted by molar-refractivity contribution is 0.0814. The second kappa shape index (κ2) is 6.93. The molecule has 0 aromatic heterocycles. The van der Waals surface area contributed by atoms with Crippen molar-refractivity contribution in [1.29, 1.82) is 0 Å². The molecule has 0 bridgehead atoms. The minimum atomic E-state index is 0.496. The largest absolute Gasteiger partial charge is 0.496 e. The highest BCUT2D eigenvalue weighted by atomic mass is 16.6. The third-order valence-corrected chi connectivity index (χ3v) is 2.37. The van der Waals surface area contributed by atoms with Crippen LogP contribution in [0.5, 0.6) is 11.5 Å². The minimum absolute atomic E-state index is 0.496. The second-order valence-corrected chi connectivity index (χ2v) is 3.48. The van der Waals surface area contributed by atoms with E-state index < -0.39 is 0 Å². The third-order valence-electron chi connectivity index (χ3n) is 2.37. The molecule has 94 valence electrons. The van der Waals surface area contributed by atoms with Gasteiger partial charge in [-0.1, -0.05) is 12.2 Å². The molecule has 0 spiro atoms. The summed E-state index contributed by atoms with van der Waals surface area (Å²) in [6, 6.07) is 3.90. The van der Waals surface area contributed by atoms with Crippen LogP contribution in [0.25, 0.3) is 6.08 Å². The standard InChI is InChI=1S/C13H19NO3/c1-10-8-13(16-4)11(9-12(10)15-3)6-5-7-17-14-2/h5-6,8-9,14H,7H2,1-4H3/b6-5+. The van der Waals surface area contributed by atoms with Crippen LogP contribution in [-0.2, 0) is 4.84 Å². The molecule has 0 aliphatic rings. The van der Waals surface area contributed by atoms with Crippen molar-refractivity contribution < 1.29 is 14.3 Å². The zero-order valence-electron chi connectivity index (χ0n) is 10.7. The highest BCUT2D eigenvalue weighted by Crippen LogP contribution is 2.29. The molecule has 0 fully saturated rings. The summed E-state index contributed by atoms with van der Waals surface area (Å²) in [7, 11) is 5.04. The van der Waals surface area contributed by atoms with Crippen molar-refractivity contribution in [1.82, 2.24) is 5.48 Å². The maximum absolute atomic E-state index is 5.32. The molecule has 1 N–H and O–H groups in total. The molecule has 1 aromatic carbocycles. The lowest BCUT2D eigenvalue weighted by atomic mass is 10.1. The molecule has 0 saturated heterocycles. The Morgan fingerprint density at radius 3 is 2.47 bits per heavy atom. The molecule has 1 rings (SSSR count). The van der Waals surface area contributed by atoms with E-state index in [1.165, 1.54) is 0 Å². The van der Waals surface area contributed by atoms with Crippen molar-refractivity contribution in [3.63, 3.8) is 0 Å². The van der Waals surface area contributed by atoms with Crippen LogP contribution in [0.2, 0.25) is 0 Å². The third kappa shape index (κ3) is 3.76. The molecule has 0 aliphatic heterocycles. The molecule has 0 amide bonds. The molecule has 0 atom stereocenters. The number of ether oxygens (including phenoxy) is 2. The molecule has 0 radical (unpaired) electrons. The van der Waals surface area contributed by atoms with Crippen molar-refractivity contribution in [2.24, 2.45) is 0 Å². The van der Waals surface area contributed by atoms with Crippen molar-refractivity contribution in [2.45, 2.75) is 6.92 Å². The van der Waals surface area contributed by atoms with Gasteiger partial charge in [-0.2, -0.15) is 0 Å². The van der Waals surface area contributed by atoms with Crippen LogP contribution in [0.4, 0.5) is 0 Å². The molecular weight excluding hydrogens is 218 g/mol. The number of benzene rings is 1. The fourth-order valence-electron chi connectivity index (χ4n) is 1.51. The Morgan fingerprint density at radius 2 is 1.88 bits per heavy atom. The maximum atomic E-state index is 5.32. The van der Waals surface area contributed by atoms with Gasteiger partial charge in [0.15, 0.2) is 0 Å². The van der Waals surface area contributed by atoms with E-state index in [9.17, 15) is 0 Å². The Balaban J connectivity index is 2.92. The van der Waals surface area contributed by atoms with Crippen molar-refractivity contribution in [3.05, 3.63) is 29.3 Å². The quantitative estimate of drug-likeness (QED) is 0.608. The van der Waals surface area contributed by atoms with Crippen LogP contribution < -0.4 is 15.0 Å². The fraction of sp³-hybridized carbons (Fsp3) is 0.385. The van der Waals surface area contributed by atoms with E-state index in [1.807, 2.05) is 31.2 Å². The summed E-state index contributed by atoms with van der Waals surface area (Å²) in [4.78, 5) is 5.00. The van der Waals surface area contributed by atoms with Gasteiger partial charge in [-0.05, 0) is 24.6 Å². The number of methoxy groups -OCH3 is 2. The van der Waals surface area contributed by atoms with Crippen LogP contribution in [0.15, 0.2) is 18.2 Å². The van der Waals surface area contributed by atoms with Gasteiger partial charge in [0.1, 0.15) is 11.5 Å². The number of hydrogen-bond acceptors (Lipinski definition) is 4. The number of rotatable bonds is 6. The summed E-state index contributed by atoms with van der Waals surface area (Å²) in [5.41, 5.74) is 4.62. The lowest BCUT2D eigenvalue weighted by Crippen LogP contribution is -2.06. The average Bonchev–Trinajstić information content (AvgIpc) is 2.35. The molecule has 0 unspecified atom stereocenters. The Kier molecular flexibility index (Phi) is 5.52. The highest BCUT2D eigenvalue weighted by molar-refractivity contribution is 5.61. The molecule has 17 heavy (non-hydrogen) atoms. The normalized spacial score (nSPS) is 10.8. The van der Waals surface area contributed by atoms with E-state index in [-0.39, 0.29) is 0 Å². The highest BCUT2D eigenvalue weighted by Gasteiger charge is 2.05. The fourth-order valence-corrected chi connectivity index (χ4v) is 1.51. The molecule has 0 aliphatic carbocycles. The van der Waals surface area contributed by atoms with E-state index in [0.717, 1.165) is 22.6 Å². The van der Waals surface area contributed by atoms with Gasteiger partial charge >= 0.3 is 0 Å². The molecule has 1 aromatic rings. The first kappa shape index (κ1) is 13.5. The van der Waals surface area contributed by atoms with Crippen molar-refractivity contribution in [2.75, 3.05) is 27.9 Å². The first-order valence-electron chi connectivity index (χ1n) is 5.40. The second-order valence-electron chi connectivity index (χ2n) is 3.48. The van der Waals surface area contributed by atoms with Gasteiger partial charge in [-0.25, -0.2) is 5.48 Å². The number of hydroxylamine groups is 1. The van der Waals surface area contributed by atoms with Gasteiger partial charge in [0.2, 0.25) is 0 Å². The molecule has 4 nitrogen and oxygen atoms in total. The summed E-state index contributed by atoms with van der Waals surface area (Å²) in [5, 5.41) is 0. The van der Waals surface area contributed by atoms with Gasteiger partial charge in [-0.3, -0.25) is 4.84 Å². The Labute approximate surface area is 102 Å². The smallest absolute Gasteiger partial charge is 0.126 e. The SMILES string of the molecule is CNOC/C=C/c1cc(OC)c(C)cc1OC. The molecule has 4 heteroatoms. The van der Waals surface area contributed by atoms with E-state index >= 15 is 0 Å². The first-order chi connectivity index (χ1) is 8.22. The maximum Gasteiger partial charge on any atom is 0.126 e. The van der Waals surface area contributed by atoms with Gasteiger partial charge in [-0.15, -0.1) is 0 Å². The van der Waals surface area contributed by atoms with Crippen molar-refractivity contribution >= 4 is 6.08 Å². The van der Waals surface area contributed by atoms with E-state index in [4.69, 9.17) is 14.3 Å². The van der Waals surface area contributed by atoms with Gasteiger partial charge in [0.05, 0.1) is 20.8 Å². The molecule has 0 saturated carbocycles. The average molecular weight is 237 g/mol. The van der Waals surface area contributed by atoms with Crippen LogP contribution in [0.3, 0.4) is 0 Å². The van der Waals surface area contributed by atoms with Gasteiger partial charge in [0.25, 0.3) is 0 Å². The molecule has 0 heterocycles. The van der Waals surface area contributed by atoms with Crippen molar-refractivity contribution in [3.8, 4) is 11.5 Å². The summed E-state index contributed by atoms with van der Waals surface area (Å²) >= 11 is 0. The summed E-state index contributed by atoms with van der Waals surface area (Å²) in [6.07, 6.45) is 3.85. The predicted molar refractivity (Wildman–Crippen MR) is 68.3 cm³/mol. The number of nitrogens with one attached hydrogen (secondary N) is 1. The van der Waals surface area contributed by atoms with Crippen LogP contribution >= 0.6 is 0 Å². The van der Waals surface area contributed by atoms with Crippen LogP contribution in [0.1, 0.15) is 11.1 Å². The van der Waals surface area contributed by atoms with E-state index in [1.54, 1.807) is 21.3 Å². The zero-order valence-corrected chi connectivity index (χ0v) is 10.7. The Hall–Kier alpha value is -1.52. The van der Waals surface area contributed by atoms with E-state index in [0.29, 0.717) is 6.61 Å². The monoisotopic (exact) mass is 237 g/mol. The number of hydrogen-bond donors (Lipinski definition) is 1. The Bertz CT molecular complexity index is 388. The van der Waals surface area contributed by atoms with E-state index in [2.05, 4.69) is 5.48 Å². The Morgan fingerprint density at radius 1 is 1.18 bits per heavy atom. The zero-order chi connectivity index (χ0) is 12.7. The number of aryl methyl sites for hydroxylation is 1. The molecular formula is C13H19NO3. The summed E-state index contributed by atoms with van der Waals surface area (Å²) in [5.74, 6) is 1.67. The first-order valence-corrected chi connectivity index (χ1v) is 5.40. The van der Waals surface area contributed by atoms with Crippen LogP contribution in [-0.4, -0.2) is 27.9 Å². The summed E-state index contributed by atoms with van der Waals surface area (Å²) < 4.78 is 10.6. The lowest BCUT2D eigenvalue weighted by Gasteiger charge is -2.10. The van der Waals surface area contributed by atoms with Crippen LogP contribution in [0, 0.1) is 6.92 Å². The minimum Gasteiger partial charge on any atom is -0.496 e. The van der Waals surface area contributed by atoms with Gasteiger partial charge < -0.3 is 9.47 Å². The summed E-state index contributed by atoms with van der Waals surface area (Å²) in [6.45, 7) is 2.48. The predicted octanol–water partition coefficient (Wildman–Crippen LogP) is 2.18.